The van der Waals surface area contributed by atoms with E-state index < -0.39 is 0 Å². The van der Waals surface area contributed by atoms with Gasteiger partial charge in [0.15, 0.2) is 4.47 Å². The Morgan fingerprint density at radius 3 is 3.08 bits per heavy atom. The summed E-state index contributed by atoms with van der Waals surface area (Å²) in [5.41, 5.74) is 0. The summed E-state index contributed by atoms with van der Waals surface area (Å²) in [5, 5.41) is 5.26. The zero-order valence-electron chi connectivity index (χ0n) is 7.59. The normalized spacial score (nSPS) is 18.6. The number of nitrogens with zero attached hydrogens (tertiary/aromatic N) is 1. The first-order chi connectivity index (χ1) is 6.25. The Labute approximate surface area is 87.3 Å². The summed E-state index contributed by atoms with van der Waals surface area (Å²) in [5.74, 6) is 2.63. The Kier molecular flexibility index (Phi) is 2.74. The van der Waals surface area contributed by atoms with Crippen LogP contribution >= 0.6 is 22.9 Å². The maximum atomic E-state index is 5.72. The van der Waals surface area contributed by atoms with Gasteiger partial charge in [0.05, 0.1) is 0 Å². The predicted octanol–water partition coefficient (Wildman–Crippen LogP) is 3.25. The minimum Gasteiger partial charge on any atom is -0.369 e. The van der Waals surface area contributed by atoms with Crippen molar-refractivity contribution in [2.24, 2.45) is 11.8 Å². The van der Waals surface area contributed by atoms with E-state index in [9.17, 15) is 0 Å². The molecule has 1 aromatic rings. The number of anilines is 1. The van der Waals surface area contributed by atoms with Crippen LogP contribution in [0, 0.1) is 11.8 Å². The highest BCUT2D eigenvalue weighted by Crippen LogP contribution is 2.36. The number of hydrogen-bond donors (Lipinski definition) is 1. The standard InChI is InChI=1S/C9H13ClN2S/c1-6(7-2-3-7)4-11-8-5-13-9(10)12-8/h5-7,11H,2-4H2,1H3. The maximum absolute atomic E-state index is 5.72. The van der Waals surface area contributed by atoms with E-state index in [1.54, 1.807) is 0 Å². The molecule has 1 fully saturated rings. The van der Waals surface area contributed by atoms with E-state index in [0.29, 0.717) is 4.47 Å². The SMILES string of the molecule is CC(CNc1csc(Cl)n1)C1CC1. The van der Waals surface area contributed by atoms with Crippen LogP contribution in [0.3, 0.4) is 0 Å². The summed E-state index contributed by atoms with van der Waals surface area (Å²) in [4.78, 5) is 4.14. The fourth-order valence-corrected chi connectivity index (χ4v) is 2.15. The molecule has 1 aliphatic rings. The Morgan fingerprint density at radius 2 is 2.54 bits per heavy atom. The lowest BCUT2D eigenvalue weighted by Crippen LogP contribution is -2.12. The Bertz CT molecular complexity index is 283. The molecule has 0 saturated heterocycles. The molecule has 1 aromatic heterocycles. The highest BCUT2D eigenvalue weighted by Gasteiger charge is 2.27. The second kappa shape index (κ2) is 3.84. The third kappa shape index (κ3) is 2.58. The van der Waals surface area contributed by atoms with Crippen LogP contribution in [-0.4, -0.2) is 11.5 Å². The molecule has 13 heavy (non-hydrogen) atoms. The molecule has 4 heteroatoms. The molecular formula is C9H13ClN2S. The van der Waals surface area contributed by atoms with Crippen LogP contribution in [-0.2, 0) is 0 Å². The van der Waals surface area contributed by atoms with Crippen molar-refractivity contribution in [3.05, 3.63) is 9.85 Å². The number of halogens is 1. The second-order valence-electron chi connectivity index (χ2n) is 3.68. The molecule has 1 saturated carbocycles. The predicted molar refractivity (Wildman–Crippen MR) is 57.5 cm³/mol. The summed E-state index contributed by atoms with van der Waals surface area (Å²) in [6, 6.07) is 0. The van der Waals surface area contributed by atoms with E-state index in [4.69, 9.17) is 11.6 Å². The Morgan fingerprint density at radius 1 is 1.77 bits per heavy atom. The summed E-state index contributed by atoms with van der Waals surface area (Å²) >= 11 is 7.19. The molecule has 0 aromatic carbocycles. The number of aromatic nitrogens is 1. The molecule has 1 unspecified atom stereocenters. The van der Waals surface area contributed by atoms with Crippen LogP contribution < -0.4 is 5.32 Å². The van der Waals surface area contributed by atoms with Crippen LogP contribution in [0.1, 0.15) is 19.8 Å². The third-order valence-electron chi connectivity index (χ3n) is 2.51. The molecule has 1 heterocycles. The smallest absolute Gasteiger partial charge is 0.185 e. The van der Waals surface area contributed by atoms with Gasteiger partial charge in [-0.05, 0) is 24.7 Å². The lowest BCUT2D eigenvalue weighted by molar-refractivity contribution is 0.536. The largest absolute Gasteiger partial charge is 0.369 e. The Hall–Kier alpha value is -0.280. The van der Waals surface area contributed by atoms with Crippen molar-refractivity contribution in [1.29, 1.82) is 0 Å². The first-order valence-corrected chi connectivity index (χ1v) is 5.86. The van der Waals surface area contributed by atoms with Gasteiger partial charge < -0.3 is 5.32 Å². The third-order valence-corrected chi connectivity index (χ3v) is 3.49. The van der Waals surface area contributed by atoms with Crippen molar-refractivity contribution >= 4 is 28.8 Å². The molecular weight excluding hydrogens is 204 g/mol. The molecule has 72 valence electrons. The van der Waals surface area contributed by atoms with Crippen LogP contribution in [0.25, 0.3) is 0 Å². The average molecular weight is 217 g/mol. The highest BCUT2D eigenvalue weighted by atomic mass is 35.5. The minimum absolute atomic E-state index is 0.613. The first-order valence-electron chi connectivity index (χ1n) is 4.60. The fourth-order valence-electron chi connectivity index (χ4n) is 1.43. The molecule has 0 aliphatic heterocycles. The molecule has 1 aliphatic carbocycles. The molecule has 0 spiro atoms. The van der Waals surface area contributed by atoms with Gasteiger partial charge in [-0.25, -0.2) is 4.98 Å². The zero-order chi connectivity index (χ0) is 9.26. The van der Waals surface area contributed by atoms with Gasteiger partial charge in [0.1, 0.15) is 5.82 Å². The zero-order valence-corrected chi connectivity index (χ0v) is 9.16. The van der Waals surface area contributed by atoms with Gasteiger partial charge >= 0.3 is 0 Å². The summed E-state index contributed by atoms with van der Waals surface area (Å²) in [6.07, 6.45) is 2.81. The van der Waals surface area contributed by atoms with Gasteiger partial charge in [0.25, 0.3) is 0 Å². The first kappa shape index (κ1) is 9.28. The van der Waals surface area contributed by atoms with Crippen LogP contribution in [0.4, 0.5) is 5.82 Å². The molecule has 0 bridgehead atoms. The molecule has 1 atom stereocenters. The van der Waals surface area contributed by atoms with Crippen LogP contribution in [0.15, 0.2) is 5.38 Å². The van der Waals surface area contributed by atoms with Crippen molar-refractivity contribution in [2.75, 3.05) is 11.9 Å². The molecule has 0 amide bonds. The number of hydrogen-bond acceptors (Lipinski definition) is 3. The Balaban J connectivity index is 1.78. The quantitative estimate of drug-likeness (QED) is 0.836. The van der Waals surface area contributed by atoms with Gasteiger partial charge in [-0.15, -0.1) is 11.3 Å². The lowest BCUT2D eigenvalue weighted by Gasteiger charge is -2.09. The van der Waals surface area contributed by atoms with Crippen molar-refractivity contribution < 1.29 is 0 Å². The van der Waals surface area contributed by atoms with Gasteiger partial charge in [-0.3, -0.25) is 0 Å². The molecule has 2 rings (SSSR count). The van der Waals surface area contributed by atoms with Crippen molar-refractivity contribution in [3.63, 3.8) is 0 Å². The van der Waals surface area contributed by atoms with Gasteiger partial charge in [-0.2, -0.15) is 0 Å². The average Bonchev–Trinajstić information content (AvgIpc) is 2.87. The maximum Gasteiger partial charge on any atom is 0.185 e. The van der Waals surface area contributed by atoms with E-state index in [-0.39, 0.29) is 0 Å². The van der Waals surface area contributed by atoms with E-state index >= 15 is 0 Å². The molecule has 2 nitrogen and oxygen atoms in total. The fraction of sp³-hybridized carbons (Fsp3) is 0.667. The monoisotopic (exact) mass is 216 g/mol. The van der Waals surface area contributed by atoms with Gasteiger partial charge in [0, 0.05) is 11.9 Å². The van der Waals surface area contributed by atoms with Gasteiger partial charge in [0.2, 0.25) is 0 Å². The summed E-state index contributed by atoms with van der Waals surface area (Å²) < 4.78 is 0.613. The van der Waals surface area contributed by atoms with E-state index in [0.717, 1.165) is 24.2 Å². The summed E-state index contributed by atoms with van der Waals surface area (Å²) in [6.45, 7) is 3.31. The summed E-state index contributed by atoms with van der Waals surface area (Å²) in [7, 11) is 0. The minimum atomic E-state index is 0.613. The van der Waals surface area contributed by atoms with E-state index in [1.807, 2.05) is 5.38 Å². The highest BCUT2D eigenvalue weighted by molar-refractivity contribution is 7.14. The molecule has 1 N–H and O–H groups in total. The lowest BCUT2D eigenvalue weighted by atomic mass is 10.1. The topological polar surface area (TPSA) is 24.9 Å². The van der Waals surface area contributed by atoms with Crippen molar-refractivity contribution in [2.45, 2.75) is 19.8 Å². The van der Waals surface area contributed by atoms with Crippen molar-refractivity contribution in [3.8, 4) is 0 Å². The van der Waals surface area contributed by atoms with Gasteiger partial charge in [-0.1, -0.05) is 18.5 Å². The van der Waals surface area contributed by atoms with Crippen molar-refractivity contribution in [1.82, 2.24) is 4.98 Å². The van der Waals surface area contributed by atoms with Crippen LogP contribution in [0.2, 0.25) is 4.47 Å². The van der Waals surface area contributed by atoms with Crippen LogP contribution in [0.5, 0.6) is 0 Å². The van der Waals surface area contributed by atoms with E-state index in [2.05, 4.69) is 17.2 Å². The molecule has 0 radical (unpaired) electrons. The van der Waals surface area contributed by atoms with E-state index in [1.165, 1.54) is 24.2 Å². The second-order valence-corrected chi connectivity index (χ2v) is 5.12. The number of rotatable bonds is 4. The number of thiazole rings is 1. The number of nitrogens with one attached hydrogen (secondary N) is 1.